The topological polar surface area (TPSA) is 54.5 Å². The number of halogens is 2. The first-order chi connectivity index (χ1) is 12.5. The average molecular weight is 408 g/mol. The van der Waals surface area contributed by atoms with Crippen molar-refractivity contribution in [2.45, 2.75) is 0 Å². The molecule has 1 fully saturated rings. The molecule has 0 unspecified atom stereocenters. The van der Waals surface area contributed by atoms with Crippen LogP contribution in [-0.4, -0.2) is 31.1 Å². The normalized spacial score (nSPS) is 14.3. The molecule has 1 amide bonds. The van der Waals surface area contributed by atoms with E-state index in [9.17, 15) is 4.79 Å². The number of methoxy groups -OCH3 is 1. The van der Waals surface area contributed by atoms with Crippen LogP contribution in [-0.2, 0) is 4.79 Å². The lowest BCUT2D eigenvalue weighted by Crippen LogP contribution is -2.52. The molecule has 1 N–H and O–H groups in total. The van der Waals surface area contributed by atoms with E-state index in [1.807, 2.05) is 18.2 Å². The van der Waals surface area contributed by atoms with Crippen LogP contribution in [0.3, 0.4) is 0 Å². The summed E-state index contributed by atoms with van der Waals surface area (Å²) in [5, 5.41) is 4.75. The van der Waals surface area contributed by atoms with Crippen LogP contribution < -0.4 is 15.0 Å². The van der Waals surface area contributed by atoms with E-state index < -0.39 is 0 Å². The lowest BCUT2D eigenvalue weighted by atomic mass is 10.00. The van der Waals surface area contributed by atoms with Gasteiger partial charge in [0.15, 0.2) is 5.13 Å². The Morgan fingerprint density at radius 1 is 1.27 bits per heavy atom. The second kappa shape index (κ2) is 6.95. The monoisotopic (exact) mass is 407 g/mol. The third-order valence-electron chi connectivity index (χ3n) is 4.30. The Labute approximate surface area is 164 Å². The van der Waals surface area contributed by atoms with Gasteiger partial charge < -0.3 is 15.0 Å². The lowest BCUT2D eigenvalue weighted by molar-refractivity contribution is -0.120. The number of nitrogens with zero attached hydrogens (tertiary/aromatic N) is 2. The van der Waals surface area contributed by atoms with Crippen LogP contribution in [0.25, 0.3) is 10.2 Å². The lowest BCUT2D eigenvalue weighted by Gasteiger charge is -2.38. The summed E-state index contributed by atoms with van der Waals surface area (Å²) in [6.45, 7) is 1.27. The zero-order valence-electron chi connectivity index (χ0n) is 13.8. The highest BCUT2D eigenvalue weighted by Crippen LogP contribution is 2.35. The van der Waals surface area contributed by atoms with E-state index in [1.54, 1.807) is 36.6 Å². The van der Waals surface area contributed by atoms with Crippen molar-refractivity contribution in [2.75, 3.05) is 30.4 Å². The first-order valence-corrected chi connectivity index (χ1v) is 9.56. The van der Waals surface area contributed by atoms with Gasteiger partial charge in [-0.1, -0.05) is 34.5 Å². The molecule has 4 rings (SSSR count). The third-order valence-corrected chi connectivity index (χ3v) is 5.94. The molecule has 2 heterocycles. The van der Waals surface area contributed by atoms with Crippen molar-refractivity contribution in [1.82, 2.24) is 4.98 Å². The largest absolute Gasteiger partial charge is 0.497 e. The second-order valence-corrected chi connectivity index (χ2v) is 7.90. The molecule has 134 valence electrons. The molecule has 0 radical (unpaired) electrons. The van der Waals surface area contributed by atoms with Gasteiger partial charge in [0.25, 0.3) is 0 Å². The van der Waals surface area contributed by atoms with Crippen LogP contribution in [0.15, 0.2) is 36.4 Å². The standard InChI is InChI=1S/C18H15Cl2N3O2S/c1-25-12-3-5-16-15(7-12)22-18(26-16)23-8-10(9-23)17(24)21-14-4-2-11(19)6-13(14)20/h2-7,10H,8-9H2,1H3,(H,21,24). The Kier molecular flexibility index (Phi) is 4.65. The zero-order chi connectivity index (χ0) is 18.3. The Balaban J connectivity index is 1.41. The van der Waals surface area contributed by atoms with E-state index in [2.05, 4.69) is 15.2 Å². The SMILES string of the molecule is COc1ccc2sc(N3CC(C(=O)Nc4ccc(Cl)cc4Cl)C3)nc2c1. The van der Waals surface area contributed by atoms with Crippen LogP contribution in [0, 0.1) is 5.92 Å². The van der Waals surface area contributed by atoms with E-state index >= 15 is 0 Å². The van der Waals surface area contributed by atoms with E-state index in [0.717, 1.165) is 21.1 Å². The predicted molar refractivity (Wildman–Crippen MR) is 107 cm³/mol. The maximum absolute atomic E-state index is 12.4. The van der Waals surface area contributed by atoms with Gasteiger partial charge in [-0.05, 0) is 30.3 Å². The highest BCUT2D eigenvalue weighted by Gasteiger charge is 2.34. The number of carbonyl (C=O) groups is 1. The molecule has 0 saturated carbocycles. The summed E-state index contributed by atoms with van der Waals surface area (Å²) < 4.78 is 6.33. The molecular formula is C18H15Cl2N3O2S. The predicted octanol–water partition coefficient (Wildman–Crippen LogP) is 4.69. The summed E-state index contributed by atoms with van der Waals surface area (Å²) in [6.07, 6.45) is 0. The quantitative estimate of drug-likeness (QED) is 0.681. The highest BCUT2D eigenvalue weighted by molar-refractivity contribution is 7.22. The van der Waals surface area contributed by atoms with Gasteiger partial charge in [0, 0.05) is 24.2 Å². The van der Waals surface area contributed by atoms with Gasteiger partial charge in [-0.3, -0.25) is 4.79 Å². The molecule has 0 bridgehead atoms. The summed E-state index contributed by atoms with van der Waals surface area (Å²) in [4.78, 5) is 19.1. The summed E-state index contributed by atoms with van der Waals surface area (Å²) in [5.74, 6) is 0.645. The fraction of sp³-hybridized carbons (Fsp3) is 0.222. The average Bonchev–Trinajstić information content (AvgIpc) is 2.98. The minimum atomic E-state index is -0.0942. The number of ether oxygens (including phenoxy) is 1. The van der Waals surface area contributed by atoms with Crippen molar-refractivity contribution >= 4 is 61.5 Å². The number of carbonyl (C=O) groups excluding carboxylic acids is 1. The summed E-state index contributed by atoms with van der Waals surface area (Å²) >= 11 is 13.6. The van der Waals surface area contributed by atoms with Crippen LogP contribution in [0.5, 0.6) is 5.75 Å². The zero-order valence-corrected chi connectivity index (χ0v) is 16.2. The van der Waals surface area contributed by atoms with E-state index in [0.29, 0.717) is 28.8 Å². The Morgan fingerprint density at radius 2 is 2.08 bits per heavy atom. The number of aromatic nitrogens is 1. The minimum Gasteiger partial charge on any atom is -0.497 e. The van der Waals surface area contributed by atoms with Crippen molar-refractivity contribution in [3.63, 3.8) is 0 Å². The number of nitrogens with one attached hydrogen (secondary N) is 1. The molecule has 5 nitrogen and oxygen atoms in total. The van der Waals surface area contributed by atoms with Gasteiger partial charge in [-0.2, -0.15) is 0 Å². The number of benzene rings is 2. The first kappa shape index (κ1) is 17.4. The van der Waals surface area contributed by atoms with Crippen molar-refractivity contribution < 1.29 is 9.53 Å². The Hall–Kier alpha value is -2.02. The number of thiazole rings is 1. The molecule has 8 heteroatoms. The fourth-order valence-electron chi connectivity index (χ4n) is 2.78. The van der Waals surface area contributed by atoms with Crippen LogP contribution in [0.2, 0.25) is 10.0 Å². The van der Waals surface area contributed by atoms with E-state index in [-0.39, 0.29) is 11.8 Å². The van der Waals surface area contributed by atoms with Gasteiger partial charge in [-0.25, -0.2) is 4.98 Å². The molecule has 0 atom stereocenters. The second-order valence-electron chi connectivity index (χ2n) is 6.05. The summed E-state index contributed by atoms with van der Waals surface area (Å²) in [5.41, 5.74) is 1.48. The van der Waals surface area contributed by atoms with Crippen molar-refractivity contribution in [3.8, 4) is 5.75 Å². The maximum Gasteiger partial charge on any atom is 0.231 e. The molecule has 0 aliphatic carbocycles. The van der Waals surface area contributed by atoms with Gasteiger partial charge >= 0.3 is 0 Å². The molecule has 26 heavy (non-hydrogen) atoms. The van der Waals surface area contributed by atoms with Crippen molar-refractivity contribution in [2.24, 2.45) is 5.92 Å². The van der Waals surface area contributed by atoms with Crippen LogP contribution in [0.4, 0.5) is 10.8 Å². The Bertz CT molecular complexity index is 986. The molecular weight excluding hydrogens is 393 g/mol. The van der Waals surface area contributed by atoms with Gasteiger partial charge in [0.05, 0.1) is 34.0 Å². The number of rotatable bonds is 4. The molecule has 2 aromatic carbocycles. The van der Waals surface area contributed by atoms with Crippen molar-refractivity contribution in [1.29, 1.82) is 0 Å². The maximum atomic E-state index is 12.4. The van der Waals surface area contributed by atoms with Crippen LogP contribution in [0.1, 0.15) is 0 Å². The number of fused-ring (bicyclic) bond motifs is 1. The van der Waals surface area contributed by atoms with E-state index in [1.165, 1.54) is 0 Å². The van der Waals surface area contributed by atoms with Crippen LogP contribution >= 0.6 is 34.5 Å². The van der Waals surface area contributed by atoms with Crippen molar-refractivity contribution in [3.05, 3.63) is 46.4 Å². The molecule has 0 spiro atoms. The summed E-state index contributed by atoms with van der Waals surface area (Å²) in [7, 11) is 1.64. The van der Waals surface area contributed by atoms with E-state index in [4.69, 9.17) is 27.9 Å². The first-order valence-electron chi connectivity index (χ1n) is 7.99. The number of anilines is 2. The molecule has 3 aromatic rings. The Morgan fingerprint density at radius 3 is 2.81 bits per heavy atom. The molecule has 1 aliphatic heterocycles. The summed E-state index contributed by atoms with van der Waals surface area (Å²) in [6, 6.07) is 10.9. The minimum absolute atomic E-state index is 0.0479. The van der Waals surface area contributed by atoms with Gasteiger partial charge in [0.2, 0.25) is 5.91 Å². The highest BCUT2D eigenvalue weighted by atomic mass is 35.5. The molecule has 1 aromatic heterocycles. The van der Waals surface area contributed by atoms with Gasteiger partial charge in [-0.15, -0.1) is 0 Å². The van der Waals surface area contributed by atoms with Gasteiger partial charge in [0.1, 0.15) is 5.75 Å². The fourth-order valence-corrected chi connectivity index (χ4v) is 4.20. The number of amides is 1. The number of hydrogen-bond donors (Lipinski definition) is 1. The number of hydrogen-bond acceptors (Lipinski definition) is 5. The molecule has 1 saturated heterocycles. The smallest absolute Gasteiger partial charge is 0.231 e. The third kappa shape index (κ3) is 3.32. The molecule has 1 aliphatic rings.